The first-order valence-electron chi connectivity index (χ1n) is 5.50. The zero-order chi connectivity index (χ0) is 14.9. The average molecular weight is 321 g/mol. The van der Waals surface area contributed by atoms with E-state index in [2.05, 4.69) is 5.43 Å². The molecular weight excluding hydrogens is 312 g/mol. The number of hydrogen-bond donors (Lipinski definition) is 2. The van der Waals surface area contributed by atoms with Gasteiger partial charge < -0.3 is 0 Å². The van der Waals surface area contributed by atoms with Crippen LogP contribution in [-0.4, -0.2) is 0 Å². The first-order chi connectivity index (χ1) is 9.45. The number of hydrazine groups is 1. The molecule has 1 atom stereocenters. The fraction of sp³-hybridized carbons (Fsp3) is 0.0769. The van der Waals surface area contributed by atoms with Crippen LogP contribution in [0.4, 0.5) is 13.2 Å². The van der Waals surface area contributed by atoms with E-state index in [-0.39, 0.29) is 15.6 Å². The molecule has 2 aromatic rings. The second-order valence-electron chi connectivity index (χ2n) is 4.03. The Kier molecular flexibility index (Phi) is 4.55. The Balaban J connectivity index is 2.62. The van der Waals surface area contributed by atoms with Gasteiger partial charge in [0.1, 0.15) is 17.5 Å². The SMILES string of the molecule is NNC(c1cccc(Cl)c1Cl)c1c(F)cc(F)cc1F. The summed E-state index contributed by atoms with van der Waals surface area (Å²) in [5.74, 6) is 2.20. The molecule has 0 aliphatic carbocycles. The van der Waals surface area contributed by atoms with Crippen LogP contribution in [0, 0.1) is 17.5 Å². The van der Waals surface area contributed by atoms with Gasteiger partial charge >= 0.3 is 0 Å². The van der Waals surface area contributed by atoms with Gasteiger partial charge in [0.2, 0.25) is 0 Å². The van der Waals surface area contributed by atoms with E-state index < -0.39 is 29.1 Å². The van der Waals surface area contributed by atoms with E-state index in [9.17, 15) is 13.2 Å². The van der Waals surface area contributed by atoms with Crippen LogP contribution in [0.3, 0.4) is 0 Å². The first kappa shape index (κ1) is 15.1. The van der Waals surface area contributed by atoms with E-state index in [1.807, 2.05) is 0 Å². The Morgan fingerprint density at radius 1 is 1.05 bits per heavy atom. The summed E-state index contributed by atoms with van der Waals surface area (Å²) in [6.07, 6.45) is 0. The minimum Gasteiger partial charge on any atom is -0.271 e. The number of hydrogen-bond acceptors (Lipinski definition) is 2. The van der Waals surface area contributed by atoms with E-state index in [0.717, 1.165) is 0 Å². The predicted octanol–water partition coefficient (Wildman–Crippen LogP) is 3.96. The highest BCUT2D eigenvalue weighted by Gasteiger charge is 2.24. The van der Waals surface area contributed by atoms with Crippen LogP contribution in [0.15, 0.2) is 30.3 Å². The molecule has 0 spiro atoms. The molecule has 2 aromatic carbocycles. The van der Waals surface area contributed by atoms with Crippen molar-refractivity contribution in [3.05, 3.63) is 69.0 Å². The van der Waals surface area contributed by atoms with Gasteiger partial charge in [0.25, 0.3) is 0 Å². The summed E-state index contributed by atoms with van der Waals surface area (Å²) in [6.45, 7) is 0. The van der Waals surface area contributed by atoms with Crippen LogP contribution in [0.5, 0.6) is 0 Å². The maximum Gasteiger partial charge on any atom is 0.134 e. The van der Waals surface area contributed by atoms with Crippen molar-refractivity contribution >= 4 is 23.2 Å². The highest BCUT2D eigenvalue weighted by molar-refractivity contribution is 6.42. The van der Waals surface area contributed by atoms with Crippen LogP contribution in [0.2, 0.25) is 10.0 Å². The van der Waals surface area contributed by atoms with Crippen molar-refractivity contribution in [2.75, 3.05) is 0 Å². The standard InChI is InChI=1S/C13H9Cl2F3N2/c14-8-3-1-2-7(12(8)15)13(20-19)11-9(17)4-6(16)5-10(11)18/h1-5,13,20H,19H2. The van der Waals surface area contributed by atoms with Gasteiger partial charge in [0, 0.05) is 17.7 Å². The first-order valence-corrected chi connectivity index (χ1v) is 6.25. The molecule has 2 rings (SSSR count). The fourth-order valence-corrected chi connectivity index (χ4v) is 2.32. The maximum atomic E-state index is 13.8. The molecule has 0 fully saturated rings. The molecule has 1 unspecified atom stereocenters. The fourth-order valence-electron chi connectivity index (χ4n) is 1.90. The summed E-state index contributed by atoms with van der Waals surface area (Å²) in [6, 6.07) is 4.65. The van der Waals surface area contributed by atoms with Crippen molar-refractivity contribution in [1.82, 2.24) is 5.43 Å². The lowest BCUT2D eigenvalue weighted by molar-refractivity contribution is 0.492. The highest BCUT2D eigenvalue weighted by atomic mass is 35.5. The minimum absolute atomic E-state index is 0.111. The molecule has 0 saturated heterocycles. The molecule has 0 radical (unpaired) electrons. The second-order valence-corrected chi connectivity index (χ2v) is 4.81. The maximum absolute atomic E-state index is 13.8. The van der Waals surface area contributed by atoms with Crippen LogP contribution in [0.1, 0.15) is 17.2 Å². The van der Waals surface area contributed by atoms with E-state index in [0.29, 0.717) is 12.1 Å². The number of nitrogens with one attached hydrogen (secondary N) is 1. The van der Waals surface area contributed by atoms with Crippen LogP contribution in [0.25, 0.3) is 0 Å². The summed E-state index contributed by atoms with van der Waals surface area (Å²) < 4.78 is 40.6. The number of halogens is 5. The summed E-state index contributed by atoms with van der Waals surface area (Å²) >= 11 is 11.9. The van der Waals surface area contributed by atoms with Crippen LogP contribution in [-0.2, 0) is 0 Å². The molecule has 0 heterocycles. The molecule has 106 valence electrons. The molecule has 0 aliphatic rings. The van der Waals surface area contributed by atoms with Crippen molar-refractivity contribution < 1.29 is 13.2 Å². The summed E-state index contributed by atoms with van der Waals surface area (Å²) in [7, 11) is 0. The molecule has 7 heteroatoms. The third-order valence-electron chi connectivity index (χ3n) is 2.79. The zero-order valence-electron chi connectivity index (χ0n) is 9.93. The van der Waals surface area contributed by atoms with Crippen LogP contribution >= 0.6 is 23.2 Å². The smallest absolute Gasteiger partial charge is 0.134 e. The number of benzene rings is 2. The largest absolute Gasteiger partial charge is 0.271 e. The van der Waals surface area contributed by atoms with Crippen molar-refractivity contribution in [3.63, 3.8) is 0 Å². The topological polar surface area (TPSA) is 38.0 Å². The van der Waals surface area contributed by atoms with Crippen molar-refractivity contribution in [3.8, 4) is 0 Å². The van der Waals surface area contributed by atoms with Gasteiger partial charge in [-0.2, -0.15) is 0 Å². The quantitative estimate of drug-likeness (QED) is 0.663. The Labute approximate surface area is 123 Å². The molecule has 0 aliphatic heterocycles. The normalized spacial score (nSPS) is 12.5. The Morgan fingerprint density at radius 2 is 1.65 bits per heavy atom. The number of rotatable bonds is 3. The summed E-state index contributed by atoms with van der Waals surface area (Å²) in [5.41, 5.74) is 2.11. The third kappa shape index (κ3) is 2.76. The van der Waals surface area contributed by atoms with Crippen LogP contribution < -0.4 is 11.3 Å². The third-order valence-corrected chi connectivity index (χ3v) is 3.63. The Bertz CT molecular complexity index is 627. The van der Waals surface area contributed by atoms with E-state index in [1.165, 1.54) is 12.1 Å². The number of nitrogens with two attached hydrogens (primary N) is 1. The molecule has 3 N–H and O–H groups in total. The predicted molar refractivity (Wildman–Crippen MR) is 71.9 cm³/mol. The van der Waals surface area contributed by atoms with Crippen molar-refractivity contribution in [1.29, 1.82) is 0 Å². The molecule has 0 bridgehead atoms. The average Bonchev–Trinajstić information content (AvgIpc) is 2.37. The molecule has 0 aromatic heterocycles. The van der Waals surface area contributed by atoms with E-state index in [1.54, 1.807) is 6.07 Å². The monoisotopic (exact) mass is 320 g/mol. The minimum atomic E-state index is -1.10. The van der Waals surface area contributed by atoms with Gasteiger partial charge in [0.15, 0.2) is 0 Å². The highest BCUT2D eigenvalue weighted by Crippen LogP contribution is 2.34. The lowest BCUT2D eigenvalue weighted by Crippen LogP contribution is -2.30. The van der Waals surface area contributed by atoms with Gasteiger partial charge in [-0.25, -0.2) is 18.6 Å². The van der Waals surface area contributed by atoms with Gasteiger partial charge in [0.05, 0.1) is 16.1 Å². The second kappa shape index (κ2) is 6.01. The van der Waals surface area contributed by atoms with Gasteiger partial charge in [-0.05, 0) is 11.6 Å². The van der Waals surface area contributed by atoms with Crippen molar-refractivity contribution in [2.45, 2.75) is 6.04 Å². The zero-order valence-corrected chi connectivity index (χ0v) is 11.4. The molecule has 0 amide bonds. The van der Waals surface area contributed by atoms with Gasteiger partial charge in [-0.15, -0.1) is 0 Å². The molecular formula is C13H9Cl2F3N2. The molecule has 0 saturated carbocycles. The van der Waals surface area contributed by atoms with E-state index >= 15 is 0 Å². The lowest BCUT2D eigenvalue weighted by Gasteiger charge is -2.20. The van der Waals surface area contributed by atoms with E-state index in [4.69, 9.17) is 29.0 Å². The summed E-state index contributed by atoms with van der Waals surface area (Å²) in [5, 5.41) is 0.326. The van der Waals surface area contributed by atoms with Crippen molar-refractivity contribution in [2.24, 2.45) is 5.84 Å². The Morgan fingerprint density at radius 3 is 2.20 bits per heavy atom. The summed E-state index contributed by atoms with van der Waals surface area (Å²) in [4.78, 5) is 0. The molecule has 20 heavy (non-hydrogen) atoms. The van der Waals surface area contributed by atoms with Gasteiger partial charge in [-0.3, -0.25) is 5.84 Å². The van der Waals surface area contributed by atoms with Gasteiger partial charge in [-0.1, -0.05) is 35.3 Å². The molecule has 2 nitrogen and oxygen atoms in total. The Hall–Kier alpha value is -1.27. The lowest BCUT2D eigenvalue weighted by atomic mass is 9.98.